The number of anilines is 1. The van der Waals surface area contributed by atoms with Crippen molar-refractivity contribution < 1.29 is 17.9 Å². The second-order valence-electron chi connectivity index (χ2n) is 7.62. The zero-order valence-electron chi connectivity index (χ0n) is 16.7. The summed E-state index contributed by atoms with van der Waals surface area (Å²) < 4.78 is 28.3. The van der Waals surface area contributed by atoms with Gasteiger partial charge in [0.25, 0.3) is 0 Å². The minimum atomic E-state index is -3.19. The second kappa shape index (κ2) is 8.31. The highest BCUT2D eigenvalue weighted by Gasteiger charge is 2.20. The van der Waals surface area contributed by atoms with Crippen LogP contribution in [0.3, 0.4) is 0 Å². The van der Waals surface area contributed by atoms with Crippen molar-refractivity contribution in [3.8, 4) is 0 Å². The van der Waals surface area contributed by atoms with E-state index in [0.29, 0.717) is 17.2 Å². The van der Waals surface area contributed by atoms with Gasteiger partial charge in [0.1, 0.15) is 10.6 Å². The van der Waals surface area contributed by atoms with E-state index in [9.17, 15) is 13.2 Å². The van der Waals surface area contributed by atoms with Gasteiger partial charge in [0.2, 0.25) is 0 Å². The van der Waals surface area contributed by atoms with E-state index in [0.717, 1.165) is 35.7 Å². The number of nitrogen functional groups attached to an aromatic ring is 1. The SMILES string of the molecule is CS(=O)(=O)Cc1cccc(C(=O)OCc2nc(N)c3c4c(sc3n2)CCCCC4)c1. The highest BCUT2D eigenvalue weighted by Crippen LogP contribution is 2.37. The number of esters is 1. The Morgan fingerprint density at radius 2 is 2.00 bits per heavy atom. The van der Waals surface area contributed by atoms with Crippen molar-refractivity contribution in [3.63, 3.8) is 0 Å². The van der Waals surface area contributed by atoms with E-state index >= 15 is 0 Å². The molecule has 0 unspecified atom stereocenters. The minimum absolute atomic E-state index is 0.0994. The molecule has 1 aliphatic carbocycles. The summed E-state index contributed by atoms with van der Waals surface area (Å²) in [5.41, 5.74) is 8.33. The van der Waals surface area contributed by atoms with Gasteiger partial charge in [-0.05, 0) is 48.9 Å². The van der Waals surface area contributed by atoms with Gasteiger partial charge < -0.3 is 10.5 Å². The summed E-state index contributed by atoms with van der Waals surface area (Å²) >= 11 is 1.65. The van der Waals surface area contributed by atoms with Crippen LogP contribution in [0.15, 0.2) is 24.3 Å². The van der Waals surface area contributed by atoms with Crippen LogP contribution < -0.4 is 5.73 Å². The normalized spacial score (nSPS) is 14.3. The molecule has 2 heterocycles. The Bertz CT molecular complexity index is 1220. The average Bonchev–Trinajstić information content (AvgIpc) is 2.87. The number of benzene rings is 1. The number of aromatic nitrogens is 2. The van der Waals surface area contributed by atoms with E-state index < -0.39 is 15.8 Å². The standard InChI is InChI=1S/C21H23N3O4S2/c1-30(26,27)12-13-6-5-7-14(10-13)21(25)28-11-17-23-19(22)18-15-8-3-2-4-9-16(15)29-20(18)24-17/h5-7,10H,2-4,8-9,11-12H2,1H3,(H2,22,23,24). The van der Waals surface area contributed by atoms with Gasteiger partial charge in [0, 0.05) is 11.1 Å². The summed E-state index contributed by atoms with van der Waals surface area (Å²) in [7, 11) is -3.19. The Morgan fingerprint density at radius 1 is 1.20 bits per heavy atom. The van der Waals surface area contributed by atoms with Crippen LogP contribution in [0.25, 0.3) is 10.2 Å². The van der Waals surface area contributed by atoms with E-state index in [2.05, 4.69) is 9.97 Å². The molecule has 0 amide bonds. The van der Waals surface area contributed by atoms with Crippen LogP contribution in [0.4, 0.5) is 5.82 Å². The summed E-state index contributed by atoms with van der Waals surface area (Å²) in [6.07, 6.45) is 6.75. The highest BCUT2D eigenvalue weighted by molar-refractivity contribution is 7.89. The highest BCUT2D eigenvalue weighted by atomic mass is 32.2. The first kappa shape index (κ1) is 20.7. The lowest BCUT2D eigenvalue weighted by molar-refractivity contribution is 0.0462. The molecule has 9 heteroatoms. The van der Waals surface area contributed by atoms with Crippen LogP contribution >= 0.6 is 11.3 Å². The Labute approximate surface area is 179 Å². The van der Waals surface area contributed by atoms with Gasteiger partial charge in [-0.25, -0.2) is 23.2 Å². The third-order valence-electron chi connectivity index (χ3n) is 5.06. The topological polar surface area (TPSA) is 112 Å². The van der Waals surface area contributed by atoms with E-state index in [1.54, 1.807) is 29.5 Å². The van der Waals surface area contributed by atoms with Crippen LogP contribution in [-0.4, -0.2) is 30.6 Å². The number of hydrogen-bond acceptors (Lipinski definition) is 8. The first-order valence-electron chi connectivity index (χ1n) is 9.80. The predicted octanol–water partition coefficient (Wildman–Crippen LogP) is 3.44. The average molecular weight is 446 g/mol. The Morgan fingerprint density at radius 3 is 2.80 bits per heavy atom. The fraction of sp³-hybridized carbons (Fsp3) is 0.381. The van der Waals surface area contributed by atoms with E-state index in [1.807, 2.05) is 0 Å². The van der Waals surface area contributed by atoms with Gasteiger partial charge in [-0.15, -0.1) is 11.3 Å². The lowest BCUT2D eigenvalue weighted by atomic mass is 10.1. The molecular weight excluding hydrogens is 422 g/mol. The number of thiophene rings is 1. The van der Waals surface area contributed by atoms with Gasteiger partial charge in [-0.3, -0.25) is 0 Å². The molecule has 0 atom stereocenters. The molecule has 0 spiro atoms. The summed E-state index contributed by atoms with van der Waals surface area (Å²) in [6.45, 7) is -0.0994. The number of ether oxygens (including phenoxy) is 1. The quantitative estimate of drug-likeness (QED) is 0.473. The number of rotatable bonds is 5. The molecule has 4 rings (SSSR count). The molecule has 1 aliphatic rings. The number of fused-ring (bicyclic) bond motifs is 3. The van der Waals surface area contributed by atoms with E-state index in [4.69, 9.17) is 10.5 Å². The van der Waals surface area contributed by atoms with Crippen LogP contribution in [0.1, 0.15) is 51.4 Å². The monoisotopic (exact) mass is 445 g/mol. The van der Waals surface area contributed by atoms with Crippen molar-refractivity contribution in [2.75, 3.05) is 12.0 Å². The van der Waals surface area contributed by atoms with Gasteiger partial charge in [-0.2, -0.15) is 0 Å². The summed E-state index contributed by atoms with van der Waals surface area (Å²) in [6, 6.07) is 6.41. The van der Waals surface area contributed by atoms with Gasteiger partial charge in [0.05, 0.1) is 16.7 Å². The van der Waals surface area contributed by atoms with Crippen molar-refractivity contribution in [3.05, 3.63) is 51.7 Å². The Kier molecular flexibility index (Phi) is 5.75. The fourth-order valence-electron chi connectivity index (χ4n) is 3.78. The number of carbonyl (C=O) groups excluding carboxylic acids is 1. The Balaban J connectivity index is 1.51. The maximum atomic E-state index is 12.4. The molecule has 2 N–H and O–H groups in total. The lowest BCUT2D eigenvalue weighted by Crippen LogP contribution is -2.09. The summed E-state index contributed by atoms with van der Waals surface area (Å²) in [4.78, 5) is 23.5. The first-order valence-corrected chi connectivity index (χ1v) is 12.7. The molecule has 7 nitrogen and oxygen atoms in total. The zero-order chi connectivity index (χ0) is 21.3. The lowest BCUT2D eigenvalue weighted by Gasteiger charge is -2.07. The second-order valence-corrected chi connectivity index (χ2v) is 10.8. The number of hydrogen-bond donors (Lipinski definition) is 1. The van der Waals surface area contributed by atoms with E-state index in [-0.39, 0.29) is 17.9 Å². The third-order valence-corrected chi connectivity index (χ3v) is 7.11. The minimum Gasteiger partial charge on any atom is -0.454 e. The predicted molar refractivity (Wildman–Crippen MR) is 117 cm³/mol. The summed E-state index contributed by atoms with van der Waals surface area (Å²) in [5, 5.41) is 0.945. The molecule has 158 valence electrons. The first-order chi connectivity index (χ1) is 14.3. The molecule has 0 saturated heterocycles. The molecule has 2 aromatic heterocycles. The molecular formula is C21H23N3O4S2. The molecule has 1 aromatic carbocycles. The maximum Gasteiger partial charge on any atom is 0.338 e. The number of carbonyl (C=O) groups is 1. The van der Waals surface area contributed by atoms with Crippen LogP contribution in [0, 0.1) is 0 Å². The molecule has 0 saturated carbocycles. The molecule has 0 fully saturated rings. The van der Waals surface area contributed by atoms with Crippen molar-refractivity contribution >= 4 is 43.2 Å². The van der Waals surface area contributed by atoms with Gasteiger partial charge in [-0.1, -0.05) is 18.6 Å². The molecule has 30 heavy (non-hydrogen) atoms. The number of nitrogens with zero attached hydrogens (tertiary/aromatic N) is 2. The number of nitrogens with two attached hydrogens (primary N) is 1. The van der Waals surface area contributed by atoms with Gasteiger partial charge in [0.15, 0.2) is 22.3 Å². The fourth-order valence-corrected chi connectivity index (χ4v) is 5.85. The Hall–Kier alpha value is -2.52. The third kappa shape index (κ3) is 4.62. The van der Waals surface area contributed by atoms with Crippen molar-refractivity contribution in [2.24, 2.45) is 0 Å². The smallest absolute Gasteiger partial charge is 0.338 e. The molecule has 0 bridgehead atoms. The number of aryl methyl sites for hydroxylation is 2. The molecule has 0 aliphatic heterocycles. The van der Waals surface area contributed by atoms with Crippen molar-refractivity contribution in [1.82, 2.24) is 9.97 Å². The van der Waals surface area contributed by atoms with Gasteiger partial charge >= 0.3 is 5.97 Å². The zero-order valence-corrected chi connectivity index (χ0v) is 18.3. The summed E-state index contributed by atoms with van der Waals surface area (Å²) in [5.74, 6) is 0.0974. The van der Waals surface area contributed by atoms with Crippen LogP contribution in [0.5, 0.6) is 0 Å². The van der Waals surface area contributed by atoms with E-state index in [1.165, 1.54) is 29.3 Å². The van der Waals surface area contributed by atoms with Crippen LogP contribution in [-0.2, 0) is 39.8 Å². The maximum absolute atomic E-state index is 12.4. The van der Waals surface area contributed by atoms with Crippen LogP contribution in [0.2, 0.25) is 0 Å². The van der Waals surface area contributed by atoms with Crippen molar-refractivity contribution in [2.45, 2.75) is 44.5 Å². The molecule has 3 aromatic rings. The number of sulfone groups is 1. The largest absolute Gasteiger partial charge is 0.454 e. The van der Waals surface area contributed by atoms with Crippen molar-refractivity contribution in [1.29, 1.82) is 0 Å². The molecule has 0 radical (unpaired) electrons.